The van der Waals surface area contributed by atoms with Gasteiger partial charge in [-0.15, -0.1) is 0 Å². The second kappa shape index (κ2) is 6.55. The molecule has 0 fully saturated rings. The summed E-state index contributed by atoms with van der Waals surface area (Å²) in [5.74, 6) is 0. The van der Waals surface area contributed by atoms with Gasteiger partial charge in [0, 0.05) is 22.1 Å². The van der Waals surface area contributed by atoms with E-state index in [4.69, 9.17) is 11.5 Å². The van der Waals surface area contributed by atoms with E-state index >= 15 is 0 Å². The molecule has 3 nitrogen and oxygen atoms in total. The minimum atomic E-state index is -0.260. The highest BCUT2D eigenvalue weighted by atomic mass is 15.0. The van der Waals surface area contributed by atoms with Crippen LogP contribution >= 0.6 is 0 Å². The van der Waals surface area contributed by atoms with Gasteiger partial charge in [0.25, 0.3) is 0 Å². The lowest BCUT2D eigenvalue weighted by atomic mass is 9.96. The second-order valence-electron chi connectivity index (χ2n) is 7.07. The Morgan fingerprint density at radius 3 is 2.14 bits per heavy atom. The van der Waals surface area contributed by atoms with Crippen LogP contribution in [0, 0.1) is 0 Å². The summed E-state index contributed by atoms with van der Waals surface area (Å²) >= 11 is 0. The van der Waals surface area contributed by atoms with Crippen molar-refractivity contribution in [2.24, 2.45) is 5.73 Å². The molecule has 0 amide bonds. The Bertz CT molecular complexity index is 1290. The molecule has 4 N–H and O–H groups in total. The maximum absolute atomic E-state index is 6.58. The Labute approximate surface area is 163 Å². The van der Waals surface area contributed by atoms with Crippen molar-refractivity contribution < 1.29 is 0 Å². The summed E-state index contributed by atoms with van der Waals surface area (Å²) in [4.78, 5) is 0. The van der Waals surface area contributed by atoms with E-state index in [1.165, 1.54) is 21.8 Å². The van der Waals surface area contributed by atoms with Gasteiger partial charge in [0.1, 0.15) is 0 Å². The van der Waals surface area contributed by atoms with Crippen molar-refractivity contribution in [3.63, 3.8) is 0 Å². The number of rotatable bonds is 3. The largest absolute Gasteiger partial charge is 0.398 e. The second-order valence-corrected chi connectivity index (χ2v) is 7.07. The van der Waals surface area contributed by atoms with Crippen molar-refractivity contribution in [2.75, 3.05) is 5.73 Å². The van der Waals surface area contributed by atoms with E-state index < -0.39 is 0 Å². The van der Waals surface area contributed by atoms with Gasteiger partial charge in [-0.1, -0.05) is 60.7 Å². The Balaban J connectivity index is 1.75. The minimum absolute atomic E-state index is 0.260. The molecular formula is C25H21N3. The molecule has 1 aromatic heterocycles. The van der Waals surface area contributed by atoms with Gasteiger partial charge in [0.2, 0.25) is 0 Å². The van der Waals surface area contributed by atoms with Gasteiger partial charge >= 0.3 is 0 Å². The predicted octanol–water partition coefficient (Wildman–Crippen LogP) is 5.41. The normalized spacial score (nSPS) is 12.5. The molecule has 3 heteroatoms. The number of hydrogen-bond acceptors (Lipinski definition) is 2. The lowest BCUT2D eigenvalue weighted by Crippen LogP contribution is -2.13. The lowest BCUT2D eigenvalue weighted by Gasteiger charge is -2.15. The first-order valence-corrected chi connectivity index (χ1v) is 9.42. The summed E-state index contributed by atoms with van der Waals surface area (Å²) in [6.07, 6.45) is 0. The van der Waals surface area contributed by atoms with Crippen LogP contribution in [0.5, 0.6) is 0 Å². The molecule has 0 saturated heterocycles. The monoisotopic (exact) mass is 363 g/mol. The standard InChI is InChI=1S/C25H21N3/c26-22-12-6-4-11-20(22)25(27)17-14-15-24-21(16-17)19-10-5-7-13-23(19)28(24)18-8-2-1-3-9-18/h1-16,25H,26-27H2. The molecule has 5 aromatic rings. The Morgan fingerprint density at radius 1 is 0.643 bits per heavy atom. The lowest BCUT2D eigenvalue weighted by molar-refractivity contribution is 0.876. The van der Waals surface area contributed by atoms with Gasteiger partial charge in [-0.25, -0.2) is 0 Å². The van der Waals surface area contributed by atoms with E-state index in [2.05, 4.69) is 71.3 Å². The van der Waals surface area contributed by atoms with Crippen LogP contribution in [-0.2, 0) is 0 Å². The molecule has 1 heterocycles. The molecule has 1 unspecified atom stereocenters. The van der Waals surface area contributed by atoms with Crippen molar-refractivity contribution in [3.05, 3.63) is 108 Å². The zero-order chi connectivity index (χ0) is 19.1. The van der Waals surface area contributed by atoms with Crippen molar-refractivity contribution >= 4 is 27.5 Å². The van der Waals surface area contributed by atoms with Crippen molar-refractivity contribution in [1.29, 1.82) is 0 Å². The van der Waals surface area contributed by atoms with Crippen molar-refractivity contribution in [3.8, 4) is 5.69 Å². The van der Waals surface area contributed by atoms with Crippen LogP contribution in [-0.4, -0.2) is 4.57 Å². The predicted molar refractivity (Wildman–Crippen MR) is 118 cm³/mol. The highest BCUT2D eigenvalue weighted by Gasteiger charge is 2.16. The molecule has 136 valence electrons. The van der Waals surface area contributed by atoms with Crippen molar-refractivity contribution in [2.45, 2.75) is 6.04 Å². The average molecular weight is 363 g/mol. The number of nitrogens with zero attached hydrogens (tertiary/aromatic N) is 1. The summed E-state index contributed by atoms with van der Waals surface area (Å²) in [5.41, 5.74) is 19.0. The van der Waals surface area contributed by atoms with Crippen LogP contribution in [0.1, 0.15) is 17.2 Å². The minimum Gasteiger partial charge on any atom is -0.398 e. The van der Waals surface area contributed by atoms with E-state index in [0.717, 1.165) is 22.5 Å². The van der Waals surface area contributed by atoms with E-state index in [0.29, 0.717) is 0 Å². The number of nitrogen functional groups attached to an aromatic ring is 1. The van der Waals surface area contributed by atoms with Gasteiger partial charge in [0.05, 0.1) is 17.1 Å². The fourth-order valence-corrected chi connectivity index (χ4v) is 4.01. The Kier molecular flexibility index (Phi) is 3.89. The molecule has 0 bridgehead atoms. The first-order chi connectivity index (χ1) is 13.7. The van der Waals surface area contributed by atoms with Gasteiger partial charge in [0.15, 0.2) is 0 Å². The first-order valence-electron chi connectivity index (χ1n) is 9.42. The first kappa shape index (κ1) is 16.6. The van der Waals surface area contributed by atoms with Gasteiger partial charge < -0.3 is 16.0 Å². The third kappa shape index (κ3) is 2.56. The fourth-order valence-electron chi connectivity index (χ4n) is 4.01. The molecule has 4 aromatic carbocycles. The molecular weight excluding hydrogens is 342 g/mol. The van der Waals surface area contributed by atoms with Crippen LogP contribution in [0.3, 0.4) is 0 Å². The third-order valence-electron chi connectivity index (χ3n) is 5.40. The molecule has 0 aliphatic rings. The summed E-state index contributed by atoms with van der Waals surface area (Å²) in [7, 11) is 0. The Hall–Kier alpha value is -3.56. The number of hydrogen-bond donors (Lipinski definition) is 2. The van der Waals surface area contributed by atoms with E-state index in [1.54, 1.807) is 0 Å². The Morgan fingerprint density at radius 2 is 1.32 bits per heavy atom. The molecule has 0 aliphatic heterocycles. The van der Waals surface area contributed by atoms with Crippen molar-refractivity contribution in [1.82, 2.24) is 4.57 Å². The number of fused-ring (bicyclic) bond motifs is 3. The van der Waals surface area contributed by atoms with Crippen LogP contribution in [0.25, 0.3) is 27.5 Å². The van der Waals surface area contributed by atoms with E-state index in [-0.39, 0.29) is 6.04 Å². The highest BCUT2D eigenvalue weighted by Crippen LogP contribution is 2.34. The van der Waals surface area contributed by atoms with Gasteiger partial charge in [-0.3, -0.25) is 0 Å². The summed E-state index contributed by atoms with van der Waals surface area (Å²) in [5, 5.41) is 2.42. The number of para-hydroxylation sites is 3. The van der Waals surface area contributed by atoms with E-state index in [1.807, 2.05) is 30.3 Å². The fraction of sp³-hybridized carbons (Fsp3) is 0.0400. The molecule has 0 saturated carbocycles. The topological polar surface area (TPSA) is 57.0 Å². The quantitative estimate of drug-likeness (QED) is 0.421. The molecule has 28 heavy (non-hydrogen) atoms. The van der Waals surface area contributed by atoms with Crippen LogP contribution in [0.2, 0.25) is 0 Å². The number of anilines is 1. The van der Waals surface area contributed by atoms with Crippen LogP contribution in [0.4, 0.5) is 5.69 Å². The van der Waals surface area contributed by atoms with Gasteiger partial charge in [-0.05, 0) is 47.5 Å². The molecule has 0 radical (unpaired) electrons. The number of benzene rings is 4. The SMILES string of the molecule is Nc1ccccc1C(N)c1ccc2c(c1)c1ccccc1n2-c1ccccc1. The zero-order valence-corrected chi connectivity index (χ0v) is 15.4. The summed E-state index contributed by atoms with van der Waals surface area (Å²) in [6, 6.07) is 33.0. The number of nitrogens with two attached hydrogens (primary N) is 2. The zero-order valence-electron chi connectivity index (χ0n) is 15.4. The molecule has 5 rings (SSSR count). The highest BCUT2D eigenvalue weighted by molar-refractivity contribution is 6.09. The van der Waals surface area contributed by atoms with Crippen LogP contribution in [0.15, 0.2) is 97.1 Å². The smallest absolute Gasteiger partial charge is 0.0572 e. The van der Waals surface area contributed by atoms with Gasteiger partial charge in [-0.2, -0.15) is 0 Å². The number of aromatic nitrogens is 1. The summed E-state index contributed by atoms with van der Waals surface area (Å²) in [6.45, 7) is 0. The molecule has 1 atom stereocenters. The summed E-state index contributed by atoms with van der Waals surface area (Å²) < 4.78 is 2.30. The molecule has 0 aliphatic carbocycles. The maximum Gasteiger partial charge on any atom is 0.0572 e. The van der Waals surface area contributed by atoms with E-state index in [9.17, 15) is 0 Å². The molecule has 0 spiro atoms. The maximum atomic E-state index is 6.58. The third-order valence-corrected chi connectivity index (χ3v) is 5.40. The van der Waals surface area contributed by atoms with Crippen LogP contribution < -0.4 is 11.5 Å². The average Bonchev–Trinajstić information content (AvgIpc) is 3.08.